The van der Waals surface area contributed by atoms with Crippen LogP contribution in [0.1, 0.15) is 19.3 Å². The molecule has 15 heavy (non-hydrogen) atoms. The number of anilines is 1. The van der Waals surface area contributed by atoms with E-state index in [1.54, 1.807) is 6.07 Å². The van der Waals surface area contributed by atoms with Gasteiger partial charge in [0.2, 0.25) is 0 Å². The molecule has 1 fully saturated rings. The molecule has 1 aliphatic rings. The Balaban J connectivity index is 2.10. The van der Waals surface area contributed by atoms with E-state index < -0.39 is 0 Å². The van der Waals surface area contributed by atoms with Crippen LogP contribution in [0, 0.1) is 5.82 Å². The Bertz CT molecular complexity index is 358. The zero-order chi connectivity index (χ0) is 10.8. The van der Waals surface area contributed by atoms with Crippen molar-refractivity contribution in [2.75, 3.05) is 5.32 Å². The van der Waals surface area contributed by atoms with Gasteiger partial charge in [-0.1, -0.05) is 0 Å². The molecule has 2 nitrogen and oxygen atoms in total. The number of halogens is 2. The van der Waals surface area contributed by atoms with E-state index in [0.717, 1.165) is 24.9 Å². The molecule has 2 N–H and O–H groups in total. The van der Waals surface area contributed by atoms with Gasteiger partial charge in [-0.25, -0.2) is 4.39 Å². The van der Waals surface area contributed by atoms with Gasteiger partial charge in [-0.3, -0.25) is 0 Å². The number of aliphatic hydroxyl groups excluding tert-OH is 1. The molecule has 0 radical (unpaired) electrons. The zero-order valence-electron chi connectivity index (χ0n) is 8.21. The molecule has 1 aliphatic carbocycles. The normalized spacial score (nSPS) is 25.5. The average Bonchev–Trinajstić information content (AvgIpc) is 2.57. The second-order valence-electron chi connectivity index (χ2n) is 3.87. The highest BCUT2D eigenvalue weighted by Crippen LogP contribution is 2.28. The third-order valence-electron chi connectivity index (χ3n) is 2.75. The molecule has 0 aliphatic heterocycles. The molecule has 0 saturated heterocycles. The van der Waals surface area contributed by atoms with Crippen LogP contribution in [0.25, 0.3) is 0 Å². The maximum Gasteiger partial charge on any atom is 0.124 e. The summed E-state index contributed by atoms with van der Waals surface area (Å²) in [4.78, 5) is 0. The summed E-state index contributed by atoms with van der Waals surface area (Å²) in [6, 6.07) is 4.61. The lowest BCUT2D eigenvalue weighted by Crippen LogP contribution is -2.28. The number of hydrogen-bond acceptors (Lipinski definition) is 2. The lowest BCUT2D eigenvalue weighted by molar-refractivity contribution is 0.172. The minimum Gasteiger partial charge on any atom is -0.391 e. The topological polar surface area (TPSA) is 32.3 Å². The van der Waals surface area contributed by atoms with Crippen LogP contribution in [0.5, 0.6) is 0 Å². The van der Waals surface area contributed by atoms with E-state index in [1.165, 1.54) is 12.1 Å². The van der Waals surface area contributed by atoms with Crippen molar-refractivity contribution in [2.45, 2.75) is 31.4 Å². The molecule has 1 saturated carbocycles. The van der Waals surface area contributed by atoms with Crippen LogP contribution in [0.15, 0.2) is 22.7 Å². The summed E-state index contributed by atoms with van der Waals surface area (Å²) in [5, 5.41) is 12.9. The molecule has 0 aromatic heterocycles. The summed E-state index contributed by atoms with van der Waals surface area (Å²) in [5.41, 5.74) is 0.836. The quantitative estimate of drug-likeness (QED) is 0.869. The first kappa shape index (κ1) is 10.9. The largest absolute Gasteiger partial charge is 0.391 e. The highest BCUT2D eigenvalue weighted by molar-refractivity contribution is 9.10. The lowest BCUT2D eigenvalue weighted by Gasteiger charge is -2.18. The third kappa shape index (κ3) is 2.49. The Morgan fingerprint density at radius 1 is 1.40 bits per heavy atom. The van der Waals surface area contributed by atoms with E-state index in [1.807, 2.05) is 0 Å². The smallest absolute Gasteiger partial charge is 0.124 e. The van der Waals surface area contributed by atoms with E-state index in [-0.39, 0.29) is 18.0 Å². The van der Waals surface area contributed by atoms with Crippen LogP contribution in [-0.2, 0) is 0 Å². The van der Waals surface area contributed by atoms with Gasteiger partial charge < -0.3 is 10.4 Å². The predicted octanol–water partition coefficient (Wildman–Crippen LogP) is 2.91. The fraction of sp³-hybridized carbons (Fsp3) is 0.455. The van der Waals surface area contributed by atoms with E-state index in [4.69, 9.17) is 0 Å². The van der Waals surface area contributed by atoms with E-state index in [9.17, 15) is 9.50 Å². The van der Waals surface area contributed by atoms with Crippen molar-refractivity contribution in [1.29, 1.82) is 0 Å². The first-order valence-corrected chi connectivity index (χ1v) is 5.86. The van der Waals surface area contributed by atoms with Crippen LogP contribution in [0.3, 0.4) is 0 Å². The highest BCUT2D eigenvalue weighted by atomic mass is 79.9. The fourth-order valence-corrected chi connectivity index (χ4v) is 2.38. The molecule has 1 aromatic rings. The van der Waals surface area contributed by atoms with Crippen LogP contribution in [0.2, 0.25) is 0 Å². The van der Waals surface area contributed by atoms with Crippen molar-refractivity contribution in [1.82, 2.24) is 0 Å². The number of nitrogens with one attached hydrogen (secondary N) is 1. The van der Waals surface area contributed by atoms with Gasteiger partial charge in [0.25, 0.3) is 0 Å². The molecule has 4 heteroatoms. The Morgan fingerprint density at radius 2 is 2.20 bits per heavy atom. The van der Waals surface area contributed by atoms with Gasteiger partial charge >= 0.3 is 0 Å². The summed E-state index contributed by atoms with van der Waals surface area (Å²) in [5.74, 6) is -0.264. The van der Waals surface area contributed by atoms with Crippen LogP contribution in [-0.4, -0.2) is 17.3 Å². The molecular formula is C11H13BrFNO. The summed E-state index contributed by atoms with van der Waals surface area (Å²) in [6.07, 6.45) is 2.56. The molecule has 2 atom stereocenters. The highest BCUT2D eigenvalue weighted by Gasteiger charge is 2.25. The maximum absolute atomic E-state index is 12.8. The zero-order valence-corrected chi connectivity index (χ0v) is 9.80. The molecule has 2 unspecified atom stereocenters. The van der Waals surface area contributed by atoms with Crippen molar-refractivity contribution in [3.63, 3.8) is 0 Å². The van der Waals surface area contributed by atoms with Crippen molar-refractivity contribution in [3.8, 4) is 0 Å². The molecule has 0 heterocycles. The first-order chi connectivity index (χ1) is 7.16. The molecule has 0 amide bonds. The molecular weight excluding hydrogens is 261 g/mol. The van der Waals surface area contributed by atoms with Gasteiger partial charge in [0.1, 0.15) is 5.82 Å². The van der Waals surface area contributed by atoms with Crippen LogP contribution in [0.4, 0.5) is 10.1 Å². The molecule has 1 aromatic carbocycles. The Hall–Kier alpha value is -0.610. The van der Waals surface area contributed by atoms with Crippen molar-refractivity contribution in [2.24, 2.45) is 0 Å². The van der Waals surface area contributed by atoms with Gasteiger partial charge in [0.15, 0.2) is 0 Å². The van der Waals surface area contributed by atoms with Gasteiger partial charge in [0.05, 0.1) is 12.1 Å². The summed E-state index contributed by atoms with van der Waals surface area (Å²) in [7, 11) is 0. The minimum atomic E-state index is -0.290. The minimum absolute atomic E-state index is 0.0896. The summed E-state index contributed by atoms with van der Waals surface area (Å²) in [6.45, 7) is 0. The standard InChI is InChI=1S/C11H13BrFNO/c12-8-6-7(13)4-5-9(8)14-10-2-1-3-11(10)15/h4-6,10-11,14-15H,1-3H2. The number of benzene rings is 1. The van der Waals surface area contributed by atoms with Gasteiger partial charge in [-0.2, -0.15) is 0 Å². The molecule has 2 rings (SSSR count). The lowest BCUT2D eigenvalue weighted by atomic mass is 10.2. The molecule has 0 spiro atoms. The third-order valence-corrected chi connectivity index (χ3v) is 3.41. The van der Waals surface area contributed by atoms with Gasteiger partial charge in [-0.15, -0.1) is 0 Å². The first-order valence-electron chi connectivity index (χ1n) is 5.06. The predicted molar refractivity (Wildman–Crippen MR) is 61.4 cm³/mol. The number of rotatable bonds is 2. The average molecular weight is 274 g/mol. The maximum atomic E-state index is 12.8. The van der Waals surface area contributed by atoms with Crippen LogP contribution < -0.4 is 5.32 Å². The number of hydrogen-bond donors (Lipinski definition) is 2. The summed E-state index contributed by atoms with van der Waals surface area (Å²) >= 11 is 3.29. The SMILES string of the molecule is OC1CCCC1Nc1ccc(F)cc1Br. The monoisotopic (exact) mass is 273 g/mol. The second kappa shape index (κ2) is 4.49. The van der Waals surface area contributed by atoms with E-state index in [0.29, 0.717) is 4.47 Å². The van der Waals surface area contributed by atoms with Crippen molar-refractivity contribution in [3.05, 3.63) is 28.5 Å². The van der Waals surface area contributed by atoms with E-state index >= 15 is 0 Å². The molecule has 0 bridgehead atoms. The van der Waals surface area contributed by atoms with E-state index in [2.05, 4.69) is 21.2 Å². The Morgan fingerprint density at radius 3 is 2.80 bits per heavy atom. The second-order valence-corrected chi connectivity index (χ2v) is 4.73. The Kier molecular flexibility index (Phi) is 3.26. The Labute approximate surface area is 96.6 Å². The van der Waals surface area contributed by atoms with Crippen molar-refractivity contribution >= 4 is 21.6 Å². The van der Waals surface area contributed by atoms with Crippen LogP contribution >= 0.6 is 15.9 Å². The van der Waals surface area contributed by atoms with Gasteiger partial charge in [-0.05, 0) is 53.4 Å². The van der Waals surface area contributed by atoms with Gasteiger partial charge in [0, 0.05) is 10.2 Å². The van der Waals surface area contributed by atoms with Crippen molar-refractivity contribution < 1.29 is 9.50 Å². The number of aliphatic hydroxyl groups is 1. The molecule has 82 valence electrons. The summed E-state index contributed by atoms with van der Waals surface area (Å²) < 4.78 is 13.5. The fourth-order valence-electron chi connectivity index (χ4n) is 1.92.